The van der Waals surface area contributed by atoms with Gasteiger partial charge in [0, 0.05) is 11.9 Å². The second-order valence-corrected chi connectivity index (χ2v) is 6.44. The third-order valence-corrected chi connectivity index (χ3v) is 5.01. The van der Waals surface area contributed by atoms with E-state index in [1.165, 1.54) is 16.9 Å². The fourth-order valence-corrected chi connectivity index (χ4v) is 3.82. The third kappa shape index (κ3) is 2.68. The number of furan rings is 1. The number of carbonyl (C=O) groups is 1. The Kier molecular flexibility index (Phi) is 3.71. The summed E-state index contributed by atoms with van der Waals surface area (Å²) < 4.78 is 5.35. The number of thiazole rings is 1. The zero-order chi connectivity index (χ0) is 15.6. The summed E-state index contributed by atoms with van der Waals surface area (Å²) in [5.74, 6) is 0.709. The van der Waals surface area contributed by atoms with Crippen molar-refractivity contribution >= 4 is 17.2 Å². The quantitative estimate of drug-likeness (QED) is 0.718. The molecule has 3 heterocycles. The first-order valence-electron chi connectivity index (χ1n) is 7.68. The molecule has 4 nitrogen and oxygen atoms in total. The van der Waals surface area contributed by atoms with Crippen LogP contribution in [-0.2, 0) is 0 Å². The van der Waals surface area contributed by atoms with Crippen LogP contribution in [0.25, 0.3) is 10.8 Å². The molecule has 1 aliphatic rings. The number of likely N-dealkylation sites (tertiary alicyclic amines) is 1. The van der Waals surface area contributed by atoms with E-state index in [1.807, 2.05) is 40.6 Å². The highest BCUT2D eigenvalue weighted by atomic mass is 32.1. The molecule has 5 heteroatoms. The van der Waals surface area contributed by atoms with Crippen molar-refractivity contribution in [2.24, 2.45) is 0 Å². The van der Waals surface area contributed by atoms with Crippen molar-refractivity contribution in [2.45, 2.75) is 18.9 Å². The number of benzene rings is 1. The Bertz CT molecular complexity index is 796. The minimum absolute atomic E-state index is 0.00501. The Morgan fingerprint density at radius 1 is 1.22 bits per heavy atom. The molecule has 1 amide bonds. The van der Waals surface area contributed by atoms with Crippen LogP contribution in [-0.4, -0.2) is 22.3 Å². The molecule has 4 rings (SSSR count). The maximum Gasteiger partial charge on any atom is 0.273 e. The maximum atomic E-state index is 12.9. The van der Waals surface area contributed by atoms with E-state index in [9.17, 15) is 4.79 Å². The molecule has 3 aromatic rings. The van der Waals surface area contributed by atoms with Gasteiger partial charge >= 0.3 is 0 Å². The number of amides is 1. The molecule has 0 radical (unpaired) electrons. The van der Waals surface area contributed by atoms with E-state index in [2.05, 4.69) is 17.1 Å². The lowest BCUT2D eigenvalue weighted by atomic mass is 10.0. The highest BCUT2D eigenvalue weighted by Gasteiger charge is 2.31. The van der Waals surface area contributed by atoms with Gasteiger partial charge in [0.1, 0.15) is 5.69 Å². The predicted molar refractivity (Wildman–Crippen MR) is 89.3 cm³/mol. The van der Waals surface area contributed by atoms with Crippen molar-refractivity contribution in [1.29, 1.82) is 0 Å². The molecule has 1 aromatic carbocycles. The van der Waals surface area contributed by atoms with Crippen LogP contribution in [0.15, 0.2) is 58.5 Å². The first kappa shape index (κ1) is 14.2. The number of nitrogens with zero attached hydrogens (tertiary/aromatic N) is 2. The molecule has 0 bridgehead atoms. The van der Waals surface area contributed by atoms with E-state index in [1.54, 1.807) is 6.26 Å². The fourth-order valence-electron chi connectivity index (χ4n) is 3.06. The van der Waals surface area contributed by atoms with Gasteiger partial charge in [0.05, 0.1) is 12.3 Å². The van der Waals surface area contributed by atoms with Crippen molar-refractivity contribution in [3.05, 3.63) is 65.4 Å². The van der Waals surface area contributed by atoms with Crippen molar-refractivity contribution in [3.8, 4) is 10.8 Å². The smallest absolute Gasteiger partial charge is 0.273 e. The molecule has 116 valence electrons. The summed E-state index contributed by atoms with van der Waals surface area (Å²) >= 11 is 1.44. The first-order chi connectivity index (χ1) is 11.3. The van der Waals surface area contributed by atoms with Crippen LogP contribution in [0.4, 0.5) is 0 Å². The summed E-state index contributed by atoms with van der Waals surface area (Å²) in [5, 5.41) is 2.56. The third-order valence-electron chi connectivity index (χ3n) is 4.15. The molecule has 1 fully saturated rings. The molecule has 0 spiro atoms. The van der Waals surface area contributed by atoms with Gasteiger partial charge in [-0.2, -0.15) is 0 Å². The summed E-state index contributed by atoms with van der Waals surface area (Å²) in [6, 6.07) is 14.1. The van der Waals surface area contributed by atoms with Gasteiger partial charge in [0.2, 0.25) is 0 Å². The molecule has 1 unspecified atom stereocenters. The van der Waals surface area contributed by atoms with Crippen LogP contribution in [0.5, 0.6) is 0 Å². The standard InChI is InChI=1S/C18H16N2O2S/c21-18(14-12-23-17(19-14)16-9-5-11-22-16)20-10-4-8-15(20)13-6-2-1-3-7-13/h1-3,5-7,9,11-12,15H,4,8,10H2. The number of hydrogen-bond donors (Lipinski definition) is 0. The largest absolute Gasteiger partial charge is 0.462 e. The predicted octanol–water partition coefficient (Wildman–Crippen LogP) is 4.38. The summed E-state index contributed by atoms with van der Waals surface area (Å²) in [6.45, 7) is 0.784. The lowest BCUT2D eigenvalue weighted by Crippen LogP contribution is -2.30. The minimum Gasteiger partial charge on any atom is -0.462 e. The van der Waals surface area contributed by atoms with Crippen molar-refractivity contribution in [2.75, 3.05) is 6.54 Å². The van der Waals surface area contributed by atoms with Gasteiger partial charge in [0.15, 0.2) is 10.8 Å². The highest BCUT2D eigenvalue weighted by molar-refractivity contribution is 7.13. The van der Waals surface area contributed by atoms with Crippen molar-refractivity contribution in [3.63, 3.8) is 0 Å². The summed E-state index contributed by atoms with van der Waals surface area (Å²) in [7, 11) is 0. The van der Waals surface area contributed by atoms with Crippen LogP contribution >= 0.6 is 11.3 Å². The van der Waals surface area contributed by atoms with Gasteiger partial charge in [-0.3, -0.25) is 4.79 Å². The Labute approximate surface area is 138 Å². The molecule has 0 saturated carbocycles. The van der Waals surface area contributed by atoms with E-state index < -0.39 is 0 Å². The van der Waals surface area contributed by atoms with Crippen LogP contribution in [0.3, 0.4) is 0 Å². The average Bonchev–Trinajstić information content (AvgIpc) is 3.35. The number of rotatable bonds is 3. The zero-order valence-electron chi connectivity index (χ0n) is 12.5. The second-order valence-electron chi connectivity index (χ2n) is 5.58. The molecule has 2 aromatic heterocycles. The normalized spacial score (nSPS) is 17.6. The monoisotopic (exact) mass is 324 g/mol. The van der Waals surface area contributed by atoms with Gasteiger partial charge in [-0.25, -0.2) is 4.98 Å². The molecular weight excluding hydrogens is 308 g/mol. The van der Waals surface area contributed by atoms with E-state index in [0.29, 0.717) is 11.5 Å². The van der Waals surface area contributed by atoms with Crippen LogP contribution < -0.4 is 0 Å². The maximum absolute atomic E-state index is 12.9. The topological polar surface area (TPSA) is 46.3 Å². The summed E-state index contributed by atoms with van der Waals surface area (Å²) in [5.41, 5.74) is 1.70. The van der Waals surface area contributed by atoms with Gasteiger partial charge in [-0.1, -0.05) is 30.3 Å². The van der Waals surface area contributed by atoms with E-state index >= 15 is 0 Å². The van der Waals surface area contributed by atoms with Crippen molar-refractivity contribution < 1.29 is 9.21 Å². The number of hydrogen-bond acceptors (Lipinski definition) is 4. The van der Waals surface area contributed by atoms with Crippen LogP contribution in [0, 0.1) is 0 Å². The van der Waals surface area contributed by atoms with Gasteiger partial charge in [-0.15, -0.1) is 11.3 Å². The number of aromatic nitrogens is 1. The lowest BCUT2D eigenvalue weighted by molar-refractivity contribution is 0.0730. The first-order valence-corrected chi connectivity index (χ1v) is 8.56. The van der Waals surface area contributed by atoms with E-state index in [-0.39, 0.29) is 11.9 Å². The van der Waals surface area contributed by atoms with Crippen LogP contribution in [0.1, 0.15) is 34.9 Å². The second kappa shape index (κ2) is 6.01. The van der Waals surface area contributed by atoms with Gasteiger partial charge in [-0.05, 0) is 30.5 Å². The number of carbonyl (C=O) groups excluding carboxylic acids is 1. The van der Waals surface area contributed by atoms with E-state index in [0.717, 1.165) is 24.4 Å². The van der Waals surface area contributed by atoms with Gasteiger partial charge < -0.3 is 9.32 Å². The van der Waals surface area contributed by atoms with Crippen molar-refractivity contribution in [1.82, 2.24) is 9.88 Å². The summed E-state index contributed by atoms with van der Waals surface area (Å²) in [4.78, 5) is 19.3. The Hall–Kier alpha value is -2.40. The molecule has 0 aliphatic carbocycles. The average molecular weight is 324 g/mol. The Balaban J connectivity index is 1.59. The zero-order valence-corrected chi connectivity index (χ0v) is 13.3. The summed E-state index contributed by atoms with van der Waals surface area (Å²) in [6.07, 6.45) is 3.65. The molecule has 1 saturated heterocycles. The Morgan fingerprint density at radius 3 is 2.87 bits per heavy atom. The molecule has 1 atom stereocenters. The molecule has 23 heavy (non-hydrogen) atoms. The molecule has 1 aliphatic heterocycles. The van der Waals surface area contributed by atoms with Gasteiger partial charge in [0.25, 0.3) is 5.91 Å². The highest BCUT2D eigenvalue weighted by Crippen LogP contribution is 2.33. The van der Waals surface area contributed by atoms with Crippen LogP contribution in [0.2, 0.25) is 0 Å². The fraction of sp³-hybridized carbons (Fsp3) is 0.222. The molecule has 0 N–H and O–H groups in total. The lowest BCUT2D eigenvalue weighted by Gasteiger charge is -2.24. The molecular formula is C18H16N2O2S. The SMILES string of the molecule is O=C(c1csc(-c2ccco2)n1)N1CCCC1c1ccccc1. The Morgan fingerprint density at radius 2 is 2.09 bits per heavy atom. The van der Waals surface area contributed by atoms with E-state index in [4.69, 9.17) is 4.42 Å². The minimum atomic E-state index is 0.00501.